The second-order valence-electron chi connectivity index (χ2n) is 5.49. The van der Waals surface area contributed by atoms with Crippen molar-refractivity contribution >= 4 is 20.4 Å². The van der Waals surface area contributed by atoms with Gasteiger partial charge in [-0.15, -0.1) is 0 Å². The molecular formula is C16H19NO5S2. The fourth-order valence-corrected chi connectivity index (χ4v) is 7.40. The van der Waals surface area contributed by atoms with Crippen LogP contribution in [0.5, 0.6) is 5.75 Å². The van der Waals surface area contributed by atoms with Crippen LogP contribution in [0.15, 0.2) is 58.3 Å². The molecule has 6 nitrogen and oxygen atoms in total. The zero-order chi connectivity index (χ0) is 17.4. The van der Waals surface area contributed by atoms with Crippen molar-refractivity contribution < 1.29 is 22.3 Å². The van der Waals surface area contributed by atoms with Crippen molar-refractivity contribution in [2.75, 3.05) is 18.9 Å². The molecule has 0 amide bonds. The first-order chi connectivity index (χ1) is 11.4. The van der Waals surface area contributed by atoms with Crippen LogP contribution < -0.4 is 10.5 Å². The smallest absolute Gasteiger partial charge is 0.187 e. The standard InChI is InChI=1S/C16H19NO5S2/c17-9-10-22-14-8-4-7-13-15(11-23(18,19)16(13)14)24(20,21)12-5-2-1-3-6-12/h1-8,15,18-19H,9-11,17H2. The lowest BCUT2D eigenvalue weighted by atomic mass is 10.1. The van der Waals surface area contributed by atoms with Crippen molar-refractivity contribution in [3.63, 3.8) is 0 Å². The van der Waals surface area contributed by atoms with Gasteiger partial charge in [-0.05, 0) is 23.8 Å². The molecule has 0 radical (unpaired) electrons. The molecule has 0 bridgehead atoms. The van der Waals surface area contributed by atoms with Crippen molar-refractivity contribution in [2.24, 2.45) is 5.73 Å². The van der Waals surface area contributed by atoms with E-state index in [0.29, 0.717) is 5.56 Å². The summed E-state index contributed by atoms with van der Waals surface area (Å²) in [4.78, 5) is 0.342. The summed E-state index contributed by atoms with van der Waals surface area (Å²) >= 11 is 0. The average Bonchev–Trinajstić information content (AvgIpc) is 2.86. The average molecular weight is 369 g/mol. The van der Waals surface area contributed by atoms with E-state index >= 15 is 0 Å². The molecule has 0 spiro atoms. The van der Waals surface area contributed by atoms with Crippen molar-refractivity contribution in [1.29, 1.82) is 0 Å². The second kappa shape index (κ2) is 6.38. The van der Waals surface area contributed by atoms with Crippen LogP contribution in [0.3, 0.4) is 0 Å². The molecule has 1 atom stereocenters. The van der Waals surface area contributed by atoms with Crippen LogP contribution in [-0.4, -0.2) is 36.4 Å². The maximum Gasteiger partial charge on any atom is 0.187 e. The second-order valence-corrected chi connectivity index (χ2v) is 9.70. The molecule has 0 saturated carbocycles. The highest BCUT2D eigenvalue weighted by Crippen LogP contribution is 2.64. The lowest BCUT2D eigenvalue weighted by Gasteiger charge is -2.29. The molecule has 0 aliphatic carbocycles. The summed E-state index contributed by atoms with van der Waals surface area (Å²) in [7, 11) is -6.99. The van der Waals surface area contributed by atoms with Crippen LogP contribution in [0, 0.1) is 0 Å². The summed E-state index contributed by atoms with van der Waals surface area (Å²) in [5, 5.41) is -1.01. The monoisotopic (exact) mass is 369 g/mol. The summed E-state index contributed by atoms with van der Waals surface area (Å²) in [6.07, 6.45) is 0. The molecular weight excluding hydrogens is 350 g/mol. The first-order valence-corrected chi connectivity index (χ1v) is 10.6. The molecule has 0 saturated heterocycles. The van der Waals surface area contributed by atoms with Crippen LogP contribution in [0.4, 0.5) is 0 Å². The maximum absolute atomic E-state index is 12.9. The van der Waals surface area contributed by atoms with Crippen molar-refractivity contribution in [3.8, 4) is 5.75 Å². The van der Waals surface area contributed by atoms with Gasteiger partial charge in [0.1, 0.15) is 22.5 Å². The van der Waals surface area contributed by atoms with Crippen LogP contribution >= 0.6 is 10.6 Å². The summed E-state index contributed by atoms with van der Waals surface area (Å²) in [6.45, 7) is 0.483. The van der Waals surface area contributed by atoms with Gasteiger partial charge in [0.05, 0.1) is 10.6 Å². The Morgan fingerprint density at radius 3 is 2.50 bits per heavy atom. The Bertz CT molecular complexity index is 837. The first-order valence-electron chi connectivity index (χ1n) is 7.38. The predicted octanol–water partition coefficient (Wildman–Crippen LogP) is 2.66. The molecule has 8 heteroatoms. The molecule has 4 N–H and O–H groups in total. The molecule has 130 valence electrons. The van der Waals surface area contributed by atoms with Crippen LogP contribution in [-0.2, 0) is 9.84 Å². The fraction of sp³-hybridized carbons (Fsp3) is 0.250. The van der Waals surface area contributed by atoms with E-state index in [2.05, 4.69) is 0 Å². The summed E-state index contributed by atoms with van der Waals surface area (Å²) in [6, 6.07) is 12.9. The Kier molecular flexibility index (Phi) is 4.58. The van der Waals surface area contributed by atoms with Gasteiger partial charge in [-0.1, -0.05) is 30.3 Å². The molecule has 1 aliphatic heterocycles. The van der Waals surface area contributed by atoms with Gasteiger partial charge in [-0.25, -0.2) is 8.42 Å². The third-order valence-electron chi connectivity index (χ3n) is 3.89. The Morgan fingerprint density at radius 2 is 1.83 bits per heavy atom. The van der Waals surface area contributed by atoms with E-state index in [1.807, 2.05) is 0 Å². The molecule has 2 aromatic carbocycles. The summed E-state index contributed by atoms with van der Waals surface area (Å²) in [5.41, 5.74) is 5.81. The quantitative estimate of drug-likeness (QED) is 0.747. The molecule has 2 aromatic rings. The Hall–Kier alpha value is -1.58. The highest BCUT2D eigenvalue weighted by Gasteiger charge is 2.44. The number of benzene rings is 2. The number of rotatable bonds is 5. The molecule has 3 rings (SSSR count). The number of nitrogens with two attached hydrogens (primary N) is 1. The van der Waals surface area contributed by atoms with Gasteiger partial charge >= 0.3 is 0 Å². The van der Waals surface area contributed by atoms with Crippen LogP contribution in [0.2, 0.25) is 0 Å². The van der Waals surface area contributed by atoms with Gasteiger partial charge in [0.25, 0.3) is 0 Å². The topological polar surface area (TPSA) is 110 Å². The minimum absolute atomic E-state index is 0.159. The van der Waals surface area contributed by atoms with E-state index in [1.54, 1.807) is 36.4 Å². The number of sulfone groups is 1. The molecule has 24 heavy (non-hydrogen) atoms. The van der Waals surface area contributed by atoms with Gasteiger partial charge in [-0.3, -0.25) is 9.11 Å². The third kappa shape index (κ3) is 2.91. The predicted molar refractivity (Wildman–Crippen MR) is 93.3 cm³/mol. The molecule has 0 fully saturated rings. The summed E-state index contributed by atoms with van der Waals surface area (Å²) in [5.74, 6) is 0.0199. The zero-order valence-corrected chi connectivity index (χ0v) is 14.5. The van der Waals surface area contributed by atoms with Gasteiger partial charge in [0, 0.05) is 6.54 Å². The van der Waals surface area contributed by atoms with E-state index in [1.165, 1.54) is 12.1 Å². The van der Waals surface area contributed by atoms with Crippen molar-refractivity contribution in [1.82, 2.24) is 0 Å². The normalized spacial score (nSPS) is 20.4. The minimum Gasteiger partial charge on any atom is -0.490 e. The number of hydrogen-bond acceptors (Lipinski definition) is 6. The Labute approximate surface area is 142 Å². The lowest BCUT2D eigenvalue weighted by Crippen LogP contribution is -2.15. The van der Waals surface area contributed by atoms with E-state index < -0.39 is 25.7 Å². The van der Waals surface area contributed by atoms with E-state index in [4.69, 9.17) is 10.5 Å². The third-order valence-corrected chi connectivity index (χ3v) is 8.09. The SMILES string of the molecule is NCCOc1cccc2c1S(O)(O)CC2S(=O)(=O)c1ccccc1. The Balaban J connectivity index is 2.10. The van der Waals surface area contributed by atoms with Gasteiger partial charge in [0.2, 0.25) is 0 Å². The molecule has 1 heterocycles. The first kappa shape index (κ1) is 17.2. The van der Waals surface area contributed by atoms with Gasteiger partial charge in [-0.2, -0.15) is 10.6 Å². The summed E-state index contributed by atoms with van der Waals surface area (Å²) < 4.78 is 52.3. The van der Waals surface area contributed by atoms with Crippen LogP contribution in [0.25, 0.3) is 0 Å². The lowest BCUT2D eigenvalue weighted by molar-refractivity contribution is 0.318. The van der Waals surface area contributed by atoms with E-state index in [0.717, 1.165) is 0 Å². The van der Waals surface area contributed by atoms with E-state index in [9.17, 15) is 17.5 Å². The van der Waals surface area contributed by atoms with Crippen LogP contribution in [0.1, 0.15) is 10.8 Å². The number of hydrogen-bond donors (Lipinski definition) is 3. The minimum atomic E-state index is -3.74. The van der Waals surface area contributed by atoms with Gasteiger partial charge < -0.3 is 10.5 Å². The van der Waals surface area contributed by atoms with Crippen molar-refractivity contribution in [3.05, 3.63) is 54.1 Å². The molecule has 0 aromatic heterocycles. The van der Waals surface area contributed by atoms with E-state index in [-0.39, 0.29) is 34.4 Å². The fourth-order valence-electron chi connectivity index (χ4n) is 2.83. The van der Waals surface area contributed by atoms with Gasteiger partial charge in [0.15, 0.2) is 9.84 Å². The van der Waals surface area contributed by atoms with Crippen molar-refractivity contribution in [2.45, 2.75) is 15.0 Å². The highest BCUT2D eigenvalue weighted by molar-refractivity contribution is 8.25. The molecule has 1 aliphatic rings. The zero-order valence-electron chi connectivity index (χ0n) is 12.8. The maximum atomic E-state index is 12.9. The largest absolute Gasteiger partial charge is 0.490 e. The highest BCUT2D eigenvalue weighted by atomic mass is 32.3. The number of ether oxygens (including phenoxy) is 1. The molecule has 1 unspecified atom stereocenters. The Morgan fingerprint density at radius 1 is 1.12 bits per heavy atom. The number of fused-ring (bicyclic) bond motifs is 1.